The van der Waals surface area contributed by atoms with E-state index in [2.05, 4.69) is 10.5 Å². The molecule has 1 aliphatic heterocycles. The van der Waals surface area contributed by atoms with Crippen molar-refractivity contribution in [3.63, 3.8) is 0 Å². The lowest BCUT2D eigenvalue weighted by atomic mass is 10.0. The summed E-state index contributed by atoms with van der Waals surface area (Å²) in [6.07, 6.45) is 0. The second-order valence-corrected chi connectivity index (χ2v) is 4.58. The summed E-state index contributed by atoms with van der Waals surface area (Å²) in [5, 5.41) is 0.569. The smallest absolute Gasteiger partial charge is 0.339 e. The molecule has 0 aromatic heterocycles. The van der Waals surface area contributed by atoms with Gasteiger partial charge in [-0.25, -0.2) is 15.3 Å². The van der Waals surface area contributed by atoms with Gasteiger partial charge in [0, 0.05) is 5.56 Å². The minimum Gasteiger partial charge on any atom is -0.339 e. The number of rotatable bonds is 2. The number of hydroxylamine groups is 1. The molecular formula is C12H13ClN2O2. The summed E-state index contributed by atoms with van der Waals surface area (Å²) >= 11 is 6.06. The summed E-state index contributed by atoms with van der Waals surface area (Å²) in [6, 6.07) is 6.79. The molecule has 4 nitrogen and oxygen atoms in total. The molecule has 1 aromatic rings. The Hall–Kier alpha value is -1.55. The van der Waals surface area contributed by atoms with Gasteiger partial charge in [-0.15, -0.1) is 0 Å². The average Bonchev–Trinajstić information content (AvgIpc) is 2.30. The predicted molar refractivity (Wildman–Crippen MR) is 65.8 cm³/mol. The molecule has 1 atom stereocenters. The van der Waals surface area contributed by atoms with Gasteiger partial charge < -0.3 is 4.84 Å². The van der Waals surface area contributed by atoms with Gasteiger partial charge in [-0.05, 0) is 18.1 Å². The zero-order valence-corrected chi connectivity index (χ0v) is 10.4. The second-order valence-electron chi connectivity index (χ2n) is 4.17. The Morgan fingerprint density at radius 2 is 2.12 bits per heavy atom. The minimum atomic E-state index is -0.484. The number of carbonyl (C=O) groups is 1. The summed E-state index contributed by atoms with van der Waals surface area (Å²) in [6.45, 7) is 3.84. The first-order valence-corrected chi connectivity index (χ1v) is 5.77. The molecule has 17 heavy (non-hydrogen) atoms. The van der Waals surface area contributed by atoms with Crippen LogP contribution in [0.2, 0.25) is 5.02 Å². The van der Waals surface area contributed by atoms with Crippen LogP contribution in [0.25, 0.3) is 0 Å². The molecule has 0 fully saturated rings. The van der Waals surface area contributed by atoms with Crippen LogP contribution in [0.3, 0.4) is 0 Å². The summed E-state index contributed by atoms with van der Waals surface area (Å²) in [7, 11) is 0. The summed E-state index contributed by atoms with van der Waals surface area (Å²) in [5.74, 6) is 0.215. The fourth-order valence-corrected chi connectivity index (χ4v) is 1.80. The molecule has 1 N–H and O–H groups in total. The van der Waals surface area contributed by atoms with Crippen molar-refractivity contribution in [2.75, 3.05) is 0 Å². The van der Waals surface area contributed by atoms with E-state index < -0.39 is 6.04 Å². The largest absolute Gasteiger partial charge is 0.356 e. The topological polar surface area (TPSA) is 50.7 Å². The maximum Gasteiger partial charge on any atom is 0.356 e. The van der Waals surface area contributed by atoms with E-state index in [1.165, 1.54) is 0 Å². The third-order valence-electron chi connectivity index (χ3n) is 2.52. The van der Waals surface area contributed by atoms with E-state index in [1.807, 2.05) is 32.0 Å². The average molecular weight is 253 g/mol. The Morgan fingerprint density at radius 3 is 2.76 bits per heavy atom. The Morgan fingerprint density at radius 1 is 1.41 bits per heavy atom. The van der Waals surface area contributed by atoms with Gasteiger partial charge in [0.1, 0.15) is 0 Å². The number of benzene rings is 1. The van der Waals surface area contributed by atoms with Crippen molar-refractivity contribution >= 4 is 23.4 Å². The molecule has 0 spiro atoms. The van der Waals surface area contributed by atoms with Crippen molar-refractivity contribution in [2.45, 2.75) is 19.9 Å². The Bertz CT molecular complexity index is 471. The Kier molecular flexibility index (Phi) is 3.33. The molecule has 90 valence electrons. The molecule has 0 bridgehead atoms. The van der Waals surface area contributed by atoms with Gasteiger partial charge in [-0.2, -0.15) is 0 Å². The first-order valence-electron chi connectivity index (χ1n) is 5.39. The van der Waals surface area contributed by atoms with Crippen LogP contribution in [0.5, 0.6) is 0 Å². The quantitative estimate of drug-likeness (QED) is 0.878. The normalized spacial score (nSPS) is 19.6. The molecule has 0 amide bonds. The molecule has 1 unspecified atom stereocenters. The molecular weight excluding hydrogens is 240 g/mol. The molecule has 1 aliphatic rings. The van der Waals surface area contributed by atoms with Crippen LogP contribution in [0.1, 0.15) is 19.4 Å². The van der Waals surface area contributed by atoms with E-state index in [4.69, 9.17) is 16.4 Å². The first kappa shape index (κ1) is 11.9. The highest BCUT2D eigenvalue weighted by molar-refractivity contribution is 6.34. The molecule has 0 saturated heterocycles. The van der Waals surface area contributed by atoms with Crippen molar-refractivity contribution in [1.29, 1.82) is 0 Å². The molecule has 1 heterocycles. The lowest BCUT2D eigenvalue weighted by Crippen LogP contribution is -2.42. The molecule has 0 saturated carbocycles. The van der Waals surface area contributed by atoms with E-state index in [9.17, 15) is 4.79 Å². The van der Waals surface area contributed by atoms with Gasteiger partial charge in [0.25, 0.3) is 0 Å². The first-order chi connectivity index (χ1) is 8.09. The van der Waals surface area contributed by atoms with Crippen LogP contribution in [-0.2, 0) is 9.63 Å². The third-order valence-corrected chi connectivity index (χ3v) is 2.85. The van der Waals surface area contributed by atoms with Crippen LogP contribution in [-0.4, -0.2) is 17.8 Å². The fourth-order valence-electron chi connectivity index (χ4n) is 1.58. The van der Waals surface area contributed by atoms with E-state index in [0.29, 0.717) is 10.9 Å². The number of nitrogens with zero attached hydrogens (tertiary/aromatic N) is 1. The molecule has 2 rings (SSSR count). The number of carbonyl (C=O) groups excluding carboxylic acids is 1. The van der Waals surface area contributed by atoms with Crippen molar-refractivity contribution in [1.82, 2.24) is 5.48 Å². The van der Waals surface area contributed by atoms with Crippen LogP contribution in [0.15, 0.2) is 29.3 Å². The van der Waals surface area contributed by atoms with E-state index in [0.717, 1.165) is 5.56 Å². The molecule has 0 radical (unpaired) electrons. The SMILES string of the molecule is CC(C)C1N=C(c2ccccc2Cl)NOC1=O. The molecule has 5 heteroatoms. The van der Waals surface area contributed by atoms with Crippen molar-refractivity contribution in [3.8, 4) is 0 Å². The van der Waals surface area contributed by atoms with Gasteiger partial charge in [0.05, 0.1) is 5.02 Å². The highest BCUT2D eigenvalue weighted by Gasteiger charge is 2.29. The number of halogens is 1. The van der Waals surface area contributed by atoms with Gasteiger partial charge >= 0.3 is 5.97 Å². The highest BCUT2D eigenvalue weighted by atomic mass is 35.5. The maximum atomic E-state index is 11.5. The minimum absolute atomic E-state index is 0.0853. The number of hydrogen-bond acceptors (Lipinski definition) is 4. The third kappa shape index (κ3) is 2.42. The summed E-state index contributed by atoms with van der Waals surface area (Å²) in [4.78, 5) is 20.7. The summed E-state index contributed by atoms with van der Waals surface area (Å²) in [5.41, 5.74) is 3.26. The monoisotopic (exact) mass is 252 g/mol. The lowest BCUT2D eigenvalue weighted by molar-refractivity contribution is -0.151. The van der Waals surface area contributed by atoms with Crippen LogP contribution in [0.4, 0.5) is 0 Å². The molecule has 1 aromatic carbocycles. The van der Waals surface area contributed by atoms with Crippen molar-refractivity contribution < 1.29 is 9.63 Å². The zero-order chi connectivity index (χ0) is 12.4. The van der Waals surface area contributed by atoms with E-state index in [-0.39, 0.29) is 11.9 Å². The molecule has 0 aliphatic carbocycles. The van der Waals surface area contributed by atoms with E-state index >= 15 is 0 Å². The predicted octanol–water partition coefficient (Wildman–Crippen LogP) is 2.17. The Labute approximate surface area is 105 Å². The van der Waals surface area contributed by atoms with Crippen molar-refractivity contribution in [2.24, 2.45) is 10.9 Å². The van der Waals surface area contributed by atoms with Crippen LogP contribution in [0, 0.1) is 5.92 Å². The maximum absolute atomic E-state index is 11.5. The number of hydrogen-bond donors (Lipinski definition) is 1. The second kappa shape index (κ2) is 4.75. The number of aliphatic imine (C=N–C) groups is 1. The highest BCUT2D eigenvalue weighted by Crippen LogP contribution is 2.19. The van der Waals surface area contributed by atoms with Gasteiger partial charge in [-0.3, -0.25) is 0 Å². The van der Waals surface area contributed by atoms with Crippen LogP contribution >= 0.6 is 11.6 Å². The van der Waals surface area contributed by atoms with E-state index in [1.54, 1.807) is 6.07 Å². The van der Waals surface area contributed by atoms with Crippen molar-refractivity contribution in [3.05, 3.63) is 34.9 Å². The number of amidine groups is 1. The zero-order valence-electron chi connectivity index (χ0n) is 9.61. The Balaban J connectivity index is 2.37. The fraction of sp³-hybridized carbons (Fsp3) is 0.333. The van der Waals surface area contributed by atoms with Crippen LogP contribution < -0.4 is 5.48 Å². The van der Waals surface area contributed by atoms with Gasteiger partial charge in [0.15, 0.2) is 11.9 Å². The standard InChI is InChI=1S/C12H13ClN2O2/c1-7(2)10-12(16)17-15-11(14-10)8-5-3-4-6-9(8)13/h3-7,10H,1-2H3,(H,14,15). The van der Waals surface area contributed by atoms with Gasteiger partial charge in [-0.1, -0.05) is 37.6 Å². The lowest BCUT2D eigenvalue weighted by Gasteiger charge is -2.23. The number of nitrogens with one attached hydrogen (secondary N) is 1. The summed E-state index contributed by atoms with van der Waals surface area (Å²) < 4.78 is 0. The van der Waals surface area contributed by atoms with Gasteiger partial charge in [0.2, 0.25) is 0 Å².